The Bertz CT molecular complexity index is 565. The molecule has 0 aliphatic heterocycles. The highest BCUT2D eigenvalue weighted by Gasteiger charge is 2.20. The molecule has 126 valence electrons. The first kappa shape index (κ1) is 17.3. The van der Waals surface area contributed by atoms with Crippen LogP contribution in [0.1, 0.15) is 50.2 Å². The fraction of sp³-hybridized carbons (Fsp3) is 0.556. The van der Waals surface area contributed by atoms with Crippen LogP contribution in [0.2, 0.25) is 0 Å². The molecule has 0 heterocycles. The maximum Gasteiger partial charge on any atom is 0.279 e. The van der Waals surface area contributed by atoms with Crippen molar-refractivity contribution in [3.8, 4) is 5.75 Å². The topological polar surface area (TPSA) is 67.4 Å². The molecule has 0 aromatic heterocycles. The van der Waals surface area contributed by atoms with E-state index in [0.29, 0.717) is 18.1 Å². The van der Waals surface area contributed by atoms with E-state index in [-0.39, 0.29) is 11.8 Å². The number of amides is 2. The van der Waals surface area contributed by atoms with Gasteiger partial charge in [0.15, 0.2) is 6.10 Å². The molecular formula is C18H26N2O3. The minimum atomic E-state index is -0.677. The SMILES string of the molecule is Cc1ccc(OC(C)C(=O)NNC(=O)CC2CCCC2)cc1C. The molecule has 1 aliphatic carbocycles. The lowest BCUT2D eigenvalue weighted by Crippen LogP contribution is -2.47. The van der Waals surface area contributed by atoms with Crippen LogP contribution in [0.15, 0.2) is 18.2 Å². The summed E-state index contributed by atoms with van der Waals surface area (Å²) in [6, 6.07) is 5.70. The quantitative estimate of drug-likeness (QED) is 0.820. The minimum absolute atomic E-state index is 0.136. The van der Waals surface area contributed by atoms with E-state index in [0.717, 1.165) is 18.4 Å². The summed E-state index contributed by atoms with van der Waals surface area (Å²) in [5.41, 5.74) is 7.20. The molecule has 2 N–H and O–H groups in total. The summed E-state index contributed by atoms with van der Waals surface area (Å²) < 4.78 is 5.61. The molecule has 0 bridgehead atoms. The highest BCUT2D eigenvalue weighted by molar-refractivity contribution is 5.84. The van der Waals surface area contributed by atoms with Gasteiger partial charge in [-0.05, 0) is 62.8 Å². The van der Waals surface area contributed by atoms with Gasteiger partial charge < -0.3 is 4.74 Å². The van der Waals surface area contributed by atoms with Gasteiger partial charge in [0.1, 0.15) is 5.75 Å². The van der Waals surface area contributed by atoms with Gasteiger partial charge in [0, 0.05) is 6.42 Å². The van der Waals surface area contributed by atoms with E-state index >= 15 is 0 Å². The molecule has 1 unspecified atom stereocenters. The second-order valence-corrected chi connectivity index (χ2v) is 6.40. The van der Waals surface area contributed by atoms with Crippen molar-refractivity contribution >= 4 is 11.8 Å². The molecule has 1 atom stereocenters. The summed E-state index contributed by atoms with van der Waals surface area (Å²) in [6.07, 6.45) is 4.41. The highest BCUT2D eigenvalue weighted by atomic mass is 16.5. The first-order valence-corrected chi connectivity index (χ1v) is 8.28. The zero-order valence-electron chi connectivity index (χ0n) is 14.1. The van der Waals surface area contributed by atoms with Crippen LogP contribution in [0.5, 0.6) is 5.75 Å². The zero-order chi connectivity index (χ0) is 16.8. The number of benzene rings is 1. The summed E-state index contributed by atoms with van der Waals surface area (Å²) in [5.74, 6) is 0.607. The maximum absolute atomic E-state index is 12.0. The van der Waals surface area contributed by atoms with Gasteiger partial charge in [-0.25, -0.2) is 0 Å². The Morgan fingerprint density at radius 3 is 2.52 bits per heavy atom. The summed E-state index contributed by atoms with van der Waals surface area (Å²) >= 11 is 0. The van der Waals surface area contributed by atoms with Crippen molar-refractivity contribution in [3.05, 3.63) is 29.3 Å². The summed E-state index contributed by atoms with van der Waals surface area (Å²) in [7, 11) is 0. The summed E-state index contributed by atoms with van der Waals surface area (Å²) in [4.78, 5) is 23.8. The van der Waals surface area contributed by atoms with Crippen LogP contribution in [-0.2, 0) is 9.59 Å². The molecule has 1 saturated carbocycles. The molecule has 23 heavy (non-hydrogen) atoms. The van der Waals surface area contributed by atoms with Gasteiger partial charge in [0.25, 0.3) is 5.91 Å². The smallest absolute Gasteiger partial charge is 0.279 e. The largest absolute Gasteiger partial charge is 0.481 e. The molecule has 1 fully saturated rings. The van der Waals surface area contributed by atoms with Crippen LogP contribution in [0.4, 0.5) is 0 Å². The first-order chi connectivity index (χ1) is 11.0. The molecular weight excluding hydrogens is 292 g/mol. The average Bonchev–Trinajstić information content (AvgIpc) is 3.01. The number of rotatable bonds is 5. The number of carbonyl (C=O) groups excluding carboxylic acids is 2. The van der Waals surface area contributed by atoms with Gasteiger partial charge in [0.05, 0.1) is 0 Å². The van der Waals surface area contributed by atoms with Crippen LogP contribution in [0.25, 0.3) is 0 Å². The van der Waals surface area contributed by atoms with Gasteiger partial charge in [-0.2, -0.15) is 0 Å². The third kappa shape index (κ3) is 5.27. The number of hydrogen-bond donors (Lipinski definition) is 2. The Morgan fingerprint density at radius 2 is 1.87 bits per heavy atom. The van der Waals surface area contributed by atoms with E-state index in [4.69, 9.17) is 4.74 Å². The van der Waals surface area contributed by atoms with Gasteiger partial charge >= 0.3 is 0 Å². The van der Waals surface area contributed by atoms with Crippen LogP contribution in [-0.4, -0.2) is 17.9 Å². The minimum Gasteiger partial charge on any atom is -0.481 e. The van der Waals surface area contributed by atoms with Gasteiger partial charge in [0.2, 0.25) is 5.91 Å². The summed E-state index contributed by atoms with van der Waals surface area (Å²) in [5, 5.41) is 0. The Kier molecular flexibility index (Phi) is 6.02. The van der Waals surface area contributed by atoms with E-state index in [9.17, 15) is 9.59 Å². The monoisotopic (exact) mass is 318 g/mol. The van der Waals surface area contributed by atoms with E-state index in [1.54, 1.807) is 6.92 Å². The number of carbonyl (C=O) groups is 2. The van der Waals surface area contributed by atoms with Gasteiger partial charge in [-0.15, -0.1) is 0 Å². The van der Waals surface area contributed by atoms with Gasteiger partial charge in [-0.3, -0.25) is 20.4 Å². The molecule has 1 aliphatic rings. The first-order valence-electron chi connectivity index (χ1n) is 8.28. The lowest BCUT2D eigenvalue weighted by atomic mass is 10.0. The predicted molar refractivity (Wildman–Crippen MR) is 88.9 cm³/mol. The van der Waals surface area contributed by atoms with E-state index in [1.165, 1.54) is 18.4 Å². The number of aryl methyl sites for hydroxylation is 2. The third-order valence-corrected chi connectivity index (χ3v) is 4.43. The molecule has 1 aromatic rings. The molecule has 0 spiro atoms. The van der Waals surface area contributed by atoms with Crippen LogP contribution < -0.4 is 15.6 Å². The van der Waals surface area contributed by atoms with Gasteiger partial charge in [-0.1, -0.05) is 18.9 Å². The fourth-order valence-electron chi connectivity index (χ4n) is 2.81. The molecule has 0 radical (unpaired) electrons. The lowest BCUT2D eigenvalue weighted by Gasteiger charge is -2.16. The zero-order valence-corrected chi connectivity index (χ0v) is 14.1. The van der Waals surface area contributed by atoms with Crippen molar-refractivity contribution in [2.24, 2.45) is 5.92 Å². The summed E-state index contributed by atoms with van der Waals surface area (Å²) in [6.45, 7) is 5.68. The molecule has 5 heteroatoms. The molecule has 5 nitrogen and oxygen atoms in total. The Labute approximate surface area is 137 Å². The maximum atomic E-state index is 12.0. The highest BCUT2D eigenvalue weighted by Crippen LogP contribution is 2.27. The fourth-order valence-corrected chi connectivity index (χ4v) is 2.81. The van der Waals surface area contributed by atoms with Crippen LogP contribution in [0.3, 0.4) is 0 Å². The molecule has 0 saturated heterocycles. The normalized spacial score (nSPS) is 16.0. The predicted octanol–water partition coefficient (Wildman–Crippen LogP) is 2.80. The number of hydrogen-bond acceptors (Lipinski definition) is 3. The van der Waals surface area contributed by atoms with E-state index in [2.05, 4.69) is 10.9 Å². The number of ether oxygens (including phenoxy) is 1. The van der Waals surface area contributed by atoms with Crippen molar-refractivity contribution in [2.75, 3.05) is 0 Å². The van der Waals surface area contributed by atoms with Crippen molar-refractivity contribution in [3.63, 3.8) is 0 Å². The third-order valence-electron chi connectivity index (χ3n) is 4.43. The Balaban J connectivity index is 1.75. The van der Waals surface area contributed by atoms with Crippen molar-refractivity contribution in [1.82, 2.24) is 10.9 Å². The van der Waals surface area contributed by atoms with Crippen LogP contribution in [0, 0.1) is 19.8 Å². The second-order valence-electron chi connectivity index (χ2n) is 6.40. The molecule has 2 rings (SSSR count). The molecule has 1 aromatic carbocycles. The average molecular weight is 318 g/mol. The van der Waals surface area contributed by atoms with Crippen molar-refractivity contribution in [2.45, 2.75) is 59.0 Å². The van der Waals surface area contributed by atoms with Crippen molar-refractivity contribution in [1.29, 1.82) is 0 Å². The number of nitrogens with one attached hydrogen (secondary N) is 2. The second kappa shape index (κ2) is 7.99. The standard InChI is InChI=1S/C18H26N2O3/c1-12-8-9-16(10-13(12)2)23-14(3)18(22)20-19-17(21)11-15-6-4-5-7-15/h8-10,14-15H,4-7,11H2,1-3H3,(H,19,21)(H,20,22). The number of hydrazine groups is 1. The Morgan fingerprint density at radius 1 is 1.17 bits per heavy atom. The molecule has 2 amide bonds. The van der Waals surface area contributed by atoms with E-state index < -0.39 is 6.10 Å². The Hall–Kier alpha value is -2.04. The van der Waals surface area contributed by atoms with Crippen LogP contribution >= 0.6 is 0 Å². The van der Waals surface area contributed by atoms with E-state index in [1.807, 2.05) is 32.0 Å². The van der Waals surface area contributed by atoms with Crippen molar-refractivity contribution < 1.29 is 14.3 Å². The lowest BCUT2D eigenvalue weighted by molar-refractivity contribution is -0.133.